The fourth-order valence-electron chi connectivity index (χ4n) is 1.75. The molecule has 27 heavy (non-hydrogen) atoms. The third kappa shape index (κ3) is 7.40. The minimum Gasteiger partial charge on any atom is -0.356 e. The summed E-state index contributed by atoms with van der Waals surface area (Å²) in [6.07, 6.45) is -8.71. The first kappa shape index (κ1) is 23.9. The van der Waals surface area contributed by atoms with Gasteiger partial charge in [0, 0.05) is 30.8 Å². The van der Waals surface area contributed by atoms with Crippen molar-refractivity contribution in [1.82, 2.24) is 20.6 Å². The van der Waals surface area contributed by atoms with Gasteiger partial charge in [-0.1, -0.05) is 0 Å². The summed E-state index contributed by atoms with van der Waals surface area (Å²) in [5.41, 5.74) is -1.88. The summed E-state index contributed by atoms with van der Waals surface area (Å²) in [5.74, 6) is 0.293. The topological polar surface area (TPSA) is 62.2 Å². The van der Waals surface area contributed by atoms with E-state index in [0.29, 0.717) is 11.0 Å². The number of alkyl halides is 6. The first-order valence-corrected chi connectivity index (χ1v) is 8.83. The number of aliphatic imine (C=N–C) groups is 1. The number of nitrogens with one attached hydrogen (secondary N) is 2. The van der Waals surface area contributed by atoms with Gasteiger partial charge in [0.2, 0.25) is 0 Å². The van der Waals surface area contributed by atoms with E-state index in [2.05, 4.69) is 25.6 Å². The summed E-state index contributed by atoms with van der Waals surface area (Å²) >= 11 is 1.77. The van der Waals surface area contributed by atoms with Crippen molar-refractivity contribution in [2.24, 2.45) is 4.99 Å². The SMILES string of the molecule is CN=C(NCCc1nc(C(F)(F)F)cs1)NCc1nc(C(F)(F)F)cs1.I. The lowest BCUT2D eigenvalue weighted by molar-refractivity contribution is -0.141. The van der Waals surface area contributed by atoms with Gasteiger partial charge >= 0.3 is 12.4 Å². The quantitative estimate of drug-likeness (QED) is 0.257. The second-order valence-electron chi connectivity index (χ2n) is 4.85. The molecule has 14 heteroatoms. The molecule has 0 aliphatic carbocycles. The maximum Gasteiger partial charge on any atom is 0.434 e. The van der Waals surface area contributed by atoms with E-state index in [1.807, 2.05) is 0 Å². The normalized spacial score (nSPS) is 12.6. The highest BCUT2D eigenvalue weighted by atomic mass is 127. The van der Waals surface area contributed by atoms with E-state index < -0.39 is 23.7 Å². The Hall–Kier alpha value is -1.16. The van der Waals surface area contributed by atoms with Crippen molar-refractivity contribution >= 4 is 52.6 Å². The molecule has 0 aliphatic heterocycles. The molecule has 0 saturated heterocycles. The van der Waals surface area contributed by atoms with Crippen LogP contribution in [0.2, 0.25) is 0 Å². The number of halogens is 7. The Labute approximate surface area is 175 Å². The molecule has 0 aliphatic rings. The van der Waals surface area contributed by atoms with Crippen LogP contribution in [-0.4, -0.2) is 29.5 Å². The van der Waals surface area contributed by atoms with Gasteiger partial charge in [-0.3, -0.25) is 4.99 Å². The van der Waals surface area contributed by atoms with Gasteiger partial charge in [-0.15, -0.1) is 46.7 Å². The van der Waals surface area contributed by atoms with Gasteiger partial charge in [0.25, 0.3) is 0 Å². The van der Waals surface area contributed by atoms with E-state index in [-0.39, 0.29) is 48.5 Å². The molecule has 0 unspecified atom stereocenters. The van der Waals surface area contributed by atoms with Crippen LogP contribution in [0.25, 0.3) is 0 Å². The van der Waals surface area contributed by atoms with Gasteiger partial charge in [0.15, 0.2) is 17.3 Å². The van der Waals surface area contributed by atoms with Crippen molar-refractivity contribution < 1.29 is 26.3 Å². The number of hydrogen-bond acceptors (Lipinski definition) is 5. The molecule has 0 spiro atoms. The summed E-state index contributed by atoms with van der Waals surface area (Å²) in [5, 5.41) is 8.06. The fourth-order valence-corrected chi connectivity index (χ4v) is 3.29. The van der Waals surface area contributed by atoms with Crippen LogP contribution in [0.15, 0.2) is 15.8 Å². The van der Waals surface area contributed by atoms with Gasteiger partial charge in [0.05, 0.1) is 11.6 Å². The molecule has 2 rings (SSSR count). The lowest BCUT2D eigenvalue weighted by Gasteiger charge is -2.10. The Bertz CT molecular complexity index is 755. The predicted molar refractivity (Wildman–Crippen MR) is 102 cm³/mol. The monoisotopic (exact) mass is 545 g/mol. The second-order valence-corrected chi connectivity index (χ2v) is 6.74. The summed E-state index contributed by atoms with van der Waals surface area (Å²) in [6, 6.07) is 0. The number of hydrogen-bond donors (Lipinski definition) is 2. The number of thiazole rings is 2. The number of aromatic nitrogens is 2. The molecule has 0 fully saturated rings. The van der Waals surface area contributed by atoms with Crippen molar-refractivity contribution in [3.8, 4) is 0 Å². The fraction of sp³-hybridized carbons (Fsp3) is 0.462. The average molecular weight is 545 g/mol. The highest BCUT2D eigenvalue weighted by Gasteiger charge is 2.34. The van der Waals surface area contributed by atoms with Crippen molar-refractivity contribution in [3.63, 3.8) is 0 Å². The molecule has 0 aromatic carbocycles. The van der Waals surface area contributed by atoms with Crippen LogP contribution in [0.5, 0.6) is 0 Å². The third-order valence-electron chi connectivity index (χ3n) is 2.95. The summed E-state index contributed by atoms with van der Waals surface area (Å²) in [4.78, 5) is 10.9. The summed E-state index contributed by atoms with van der Waals surface area (Å²) in [6.45, 7) is 0.298. The largest absolute Gasteiger partial charge is 0.434 e. The van der Waals surface area contributed by atoms with E-state index in [1.165, 1.54) is 7.05 Å². The predicted octanol–water partition coefficient (Wildman–Crippen LogP) is 4.16. The van der Waals surface area contributed by atoms with E-state index >= 15 is 0 Å². The summed E-state index contributed by atoms with van der Waals surface area (Å²) < 4.78 is 74.8. The Morgan fingerprint density at radius 2 is 1.48 bits per heavy atom. The molecule has 2 aromatic rings. The molecule has 152 valence electrons. The molecule has 0 amide bonds. The second kappa shape index (κ2) is 9.86. The van der Waals surface area contributed by atoms with Crippen LogP contribution in [-0.2, 0) is 25.3 Å². The molecule has 2 N–H and O–H groups in total. The number of nitrogens with zero attached hydrogens (tertiary/aromatic N) is 3. The molecular formula is C13H14F6IN5S2. The van der Waals surface area contributed by atoms with Crippen molar-refractivity contribution in [3.05, 3.63) is 32.2 Å². The molecule has 0 radical (unpaired) electrons. The Morgan fingerprint density at radius 3 is 1.96 bits per heavy atom. The zero-order chi connectivity index (χ0) is 19.4. The molecule has 0 atom stereocenters. The Balaban J connectivity index is 0.00000364. The molecule has 0 saturated carbocycles. The molecule has 5 nitrogen and oxygen atoms in total. The minimum atomic E-state index is -4.49. The van der Waals surface area contributed by atoms with E-state index in [1.54, 1.807) is 0 Å². The van der Waals surface area contributed by atoms with Crippen molar-refractivity contribution in [2.45, 2.75) is 25.3 Å². The smallest absolute Gasteiger partial charge is 0.356 e. The van der Waals surface area contributed by atoms with Gasteiger partial charge < -0.3 is 10.6 Å². The third-order valence-corrected chi connectivity index (χ3v) is 4.70. The van der Waals surface area contributed by atoms with Gasteiger partial charge in [-0.2, -0.15) is 26.3 Å². The van der Waals surface area contributed by atoms with Crippen LogP contribution in [0.1, 0.15) is 21.4 Å². The van der Waals surface area contributed by atoms with E-state index in [9.17, 15) is 26.3 Å². The highest BCUT2D eigenvalue weighted by molar-refractivity contribution is 14.0. The first-order chi connectivity index (χ1) is 12.1. The first-order valence-electron chi connectivity index (χ1n) is 7.07. The van der Waals surface area contributed by atoms with Gasteiger partial charge in [-0.05, 0) is 0 Å². The lowest BCUT2D eigenvalue weighted by Crippen LogP contribution is -2.37. The van der Waals surface area contributed by atoms with Crippen molar-refractivity contribution in [2.75, 3.05) is 13.6 Å². The maximum atomic E-state index is 12.5. The molecule has 2 aromatic heterocycles. The van der Waals surface area contributed by atoms with E-state index in [0.717, 1.165) is 33.4 Å². The zero-order valence-corrected chi connectivity index (χ0v) is 17.6. The van der Waals surface area contributed by atoms with Crippen LogP contribution in [0, 0.1) is 0 Å². The Kier molecular flexibility index (Phi) is 8.72. The van der Waals surface area contributed by atoms with Crippen molar-refractivity contribution in [1.29, 1.82) is 0 Å². The van der Waals surface area contributed by atoms with E-state index in [4.69, 9.17) is 0 Å². The number of rotatable bonds is 5. The van der Waals surface area contributed by atoms with Gasteiger partial charge in [-0.25, -0.2) is 9.97 Å². The maximum absolute atomic E-state index is 12.5. The number of guanidine groups is 1. The average Bonchev–Trinajstić information content (AvgIpc) is 3.18. The molecule has 0 bridgehead atoms. The summed E-state index contributed by atoms with van der Waals surface area (Å²) in [7, 11) is 1.46. The Morgan fingerprint density at radius 1 is 0.963 bits per heavy atom. The standard InChI is InChI=1S/C13H13F6N5S2.HI/c1-20-11(22-4-10-24-8(6-26-10)13(17,18)19)21-3-2-9-23-7(5-25-9)12(14,15)16;/h5-6H,2-4H2,1H3,(H2,20,21,22);1H. The van der Waals surface area contributed by atoms with Crippen LogP contribution < -0.4 is 10.6 Å². The molecule has 2 heterocycles. The van der Waals surface area contributed by atoms with Gasteiger partial charge in [0.1, 0.15) is 5.01 Å². The van der Waals surface area contributed by atoms with Crippen LogP contribution in [0.4, 0.5) is 26.3 Å². The lowest BCUT2D eigenvalue weighted by atomic mass is 10.4. The zero-order valence-electron chi connectivity index (χ0n) is 13.6. The minimum absolute atomic E-state index is 0. The van der Waals surface area contributed by atoms with Crippen LogP contribution in [0.3, 0.4) is 0 Å². The van der Waals surface area contributed by atoms with Crippen LogP contribution >= 0.6 is 46.7 Å². The highest BCUT2D eigenvalue weighted by Crippen LogP contribution is 2.30. The molecular weight excluding hydrogens is 531 g/mol.